The largest absolute Gasteiger partial charge is 0.392 e. The molecule has 1 fully saturated rings. The summed E-state index contributed by atoms with van der Waals surface area (Å²) in [7, 11) is 0. The summed E-state index contributed by atoms with van der Waals surface area (Å²) < 4.78 is 0. The normalized spacial score (nSPS) is 19.8. The topological polar surface area (TPSA) is 36.4 Å². The Morgan fingerprint density at radius 3 is 2.84 bits per heavy atom. The van der Waals surface area contributed by atoms with E-state index in [1.54, 1.807) is 0 Å². The number of aromatic nitrogens is 1. The van der Waals surface area contributed by atoms with Crippen molar-refractivity contribution in [3.8, 4) is 0 Å². The lowest BCUT2D eigenvalue weighted by atomic mass is 9.97. The summed E-state index contributed by atoms with van der Waals surface area (Å²) in [6.45, 7) is 7.52. The van der Waals surface area contributed by atoms with Crippen LogP contribution in [0.2, 0.25) is 0 Å². The third kappa shape index (κ3) is 3.08. The number of hydrogen-bond acceptors (Lipinski definition) is 3. The van der Waals surface area contributed by atoms with Crippen LogP contribution < -0.4 is 4.90 Å². The van der Waals surface area contributed by atoms with Crippen molar-refractivity contribution >= 4 is 5.82 Å². The molecule has 1 aromatic heterocycles. The van der Waals surface area contributed by atoms with E-state index in [2.05, 4.69) is 24.8 Å². The Kier molecular flexibility index (Phi) is 4.81. The second kappa shape index (κ2) is 6.38. The molecule has 0 saturated carbocycles. The van der Waals surface area contributed by atoms with Crippen LogP contribution in [0.15, 0.2) is 6.07 Å². The fraction of sp³-hybridized carbons (Fsp3) is 0.688. The SMILES string of the molecule is CCCC1CCCCN1c1nc(C)cc(C)c1CO. The summed E-state index contributed by atoms with van der Waals surface area (Å²) in [5.41, 5.74) is 3.21. The highest BCUT2D eigenvalue weighted by atomic mass is 16.3. The van der Waals surface area contributed by atoms with Crippen LogP contribution in [0.4, 0.5) is 5.82 Å². The van der Waals surface area contributed by atoms with Crippen LogP contribution in [-0.2, 0) is 6.61 Å². The van der Waals surface area contributed by atoms with Crippen LogP contribution in [-0.4, -0.2) is 22.7 Å². The molecule has 3 heteroatoms. The predicted molar refractivity (Wildman–Crippen MR) is 79.5 cm³/mol. The van der Waals surface area contributed by atoms with Gasteiger partial charge in [-0.15, -0.1) is 0 Å². The molecule has 0 amide bonds. The molecule has 1 aliphatic heterocycles. The zero-order chi connectivity index (χ0) is 13.8. The Labute approximate surface area is 116 Å². The first-order chi connectivity index (χ1) is 9.17. The average molecular weight is 262 g/mol. The number of rotatable bonds is 4. The van der Waals surface area contributed by atoms with E-state index < -0.39 is 0 Å². The molecule has 0 bridgehead atoms. The van der Waals surface area contributed by atoms with E-state index in [1.165, 1.54) is 32.1 Å². The van der Waals surface area contributed by atoms with Gasteiger partial charge in [-0.05, 0) is 51.2 Å². The number of aliphatic hydroxyl groups is 1. The lowest BCUT2D eigenvalue weighted by molar-refractivity contribution is 0.280. The van der Waals surface area contributed by atoms with Crippen molar-refractivity contribution in [2.75, 3.05) is 11.4 Å². The molecule has 0 aliphatic carbocycles. The molecule has 1 atom stereocenters. The molecule has 1 unspecified atom stereocenters. The van der Waals surface area contributed by atoms with Gasteiger partial charge < -0.3 is 10.0 Å². The fourth-order valence-corrected chi connectivity index (χ4v) is 3.19. The lowest BCUT2D eigenvalue weighted by Gasteiger charge is -2.38. The van der Waals surface area contributed by atoms with Gasteiger partial charge in [-0.2, -0.15) is 0 Å². The Hall–Kier alpha value is -1.09. The first-order valence-corrected chi connectivity index (χ1v) is 7.52. The maximum atomic E-state index is 9.67. The van der Waals surface area contributed by atoms with Crippen LogP contribution >= 0.6 is 0 Å². The van der Waals surface area contributed by atoms with E-state index in [1.807, 2.05) is 6.92 Å². The van der Waals surface area contributed by atoms with Crippen molar-refractivity contribution in [1.29, 1.82) is 0 Å². The molecule has 1 aliphatic rings. The van der Waals surface area contributed by atoms with Gasteiger partial charge >= 0.3 is 0 Å². The van der Waals surface area contributed by atoms with Gasteiger partial charge in [0.25, 0.3) is 0 Å². The van der Waals surface area contributed by atoms with Gasteiger partial charge in [0, 0.05) is 23.8 Å². The predicted octanol–water partition coefficient (Wildman–Crippen LogP) is 3.35. The summed E-state index contributed by atoms with van der Waals surface area (Å²) >= 11 is 0. The van der Waals surface area contributed by atoms with Gasteiger partial charge in [0.1, 0.15) is 5.82 Å². The molecular formula is C16H26N2O. The number of piperidine rings is 1. The minimum Gasteiger partial charge on any atom is -0.392 e. The van der Waals surface area contributed by atoms with Gasteiger partial charge in [-0.25, -0.2) is 4.98 Å². The van der Waals surface area contributed by atoms with Gasteiger partial charge in [-0.3, -0.25) is 0 Å². The zero-order valence-electron chi connectivity index (χ0n) is 12.4. The lowest BCUT2D eigenvalue weighted by Crippen LogP contribution is -2.40. The van der Waals surface area contributed by atoms with Crippen LogP contribution in [0.25, 0.3) is 0 Å². The van der Waals surface area contributed by atoms with Crippen molar-refractivity contribution in [2.45, 2.75) is 65.5 Å². The van der Waals surface area contributed by atoms with E-state index >= 15 is 0 Å². The van der Waals surface area contributed by atoms with E-state index in [4.69, 9.17) is 4.98 Å². The van der Waals surface area contributed by atoms with E-state index in [0.29, 0.717) is 6.04 Å². The first-order valence-electron chi connectivity index (χ1n) is 7.52. The molecule has 2 rings (SSSR count). The Balaban J connectivity index is 2.37. The molecule has 1 saturated heterocycles. The quantitative estimate of drug-likeness (QED) is 0.904. The van der Waals surface area contributed by atoms with Crippen molar-refractivity contribution in [3.05, 3.63) is 22.9 Å². The summed E-state index contributed by atoms with van der Waals surface area (Å²) in [6.07, 6.45) is 6.24. The highest BCUT2D eigenvalue weighted by Gasteiger charge is 2.25. The monoisotopic (exact) mass is 262 g/mol. The second-order valence-corrected chi connectivity index (χ2v) is 5.67. The molecule has 0 radical (unpaired) electrons. The molecule has 19 heavy (non-hydrogen) atoms. The van der Waals surface area contributed by atoms with Crippen molar-refractivity contribution in [1.82, 2.24) is 4.98 Å². The first kappa shape index (κ1) is 14.3. The van der Waals surface area contributed by atoms with E-state index in [-0.39, 0.29) is 6.61 Å². The molecule has 1 N–H and O–H groups in total. The van der Waals surface area contributed by atoms with Gasteiger partial charge in [0.05, 0.1) is 6.61 Å². The number of nitrogens with zero attached hydrogens (tertiary/aromatic N) is 2. The number of anilines is 1. The van der Waals surface area contributed by atoms with Crippen LogP contribution in [0.5, 0.6) is 0 Å². The molecule has 0 aromatic carbocycles. The summed E-state index contributed by atoms with van der Waals surface area (Å²) in [5, 5.41) is 9.67. The molecule has 0 spiro atoms. The van der Waals surface area contributed by atoms with Gasteiger partial charge in [-0.1, -0.05) is 13.3 Å². The van der Waals surface area contributed by atoms with Gasteiger partial charge in [0.15, 0.2) is 0 Å². The van der Waals surface area contributed by atoms with E-state index in [9.17, 15) is 5.11 Å². The summed E-state index contributed by atoms with van der Waals surface area (Å²) in [4.78, 5) is 7.17. The molecule has 2 heterocycles. The fourth-order valence-electron chi connectivity index (χ4n) is 3.19. The second-order valence-electron chi connectivity index (χ2n) is 5.67. The molecule has 106 valence electrons. The number of pyridine rings is 1. The maximum Gasteiger partial charge on any atom is 0.134 e. The van der Waals surface area contributed by atoms with Crippen molar-refractivity contribution < 1.29 is 5.11 Å². The number of aliphatic hydroxyl groups excluding tert-OH is 1. The van der Waals surface area contributed by atoms with Gasteiger partial charge in [0.2, 0.25) is 0 Å². The Bertz CT molecular complexity index is 429. The maximum absolute atomic E-state index is 9.67. The third-order valence-electron chi connectivity index (χ3n) is 4.13. The van der Waals surface area contributed by atoms with Crippen LogP contribution in [0.1, 0.15) is 55.8 Å². The summed E-state index contributed by atoms with van der Waals surface area (Å²) in [5.74, 6) is 1.03. The minimum atomic E-state index is 0.0871. The van der Waals surface area contributed by atoms with Crippen LogP contribution in [0.3, 0.4) is 0 Å². The average Bonchev–Trinajstić information content (AvgIpc) is 2.39. The van der Waals surface area contributed by atoms with E-state index in [0.717, 1.165) is 29.2 Å². The Morgan fingerprint density at radius 2 is 2.16 bits per heavy atom. The smallest absolute Gasteiger partial charge is 0.134 e. The Morgan fingerprint density at radius 1 is 1.37 bits per heavy atom. The molecule has 1 aromatic rings. The minimum absolute atomic E-state index is 0.0871. The standard InChI is InChI=1S/C16H26N2O/c1-4-7-14-8-5-6-9-18(14)16-15(11-19)12(2)10-13(3)17-16/h10,14,19H,4-9,11H2,1-3H3. The summed E-state index contributed by atoms with van der Waals surface area (Å²) in [6, 6.07) is 2.66. The third-order valence-corrected chi connectivity index (χ3v) is 4.13. The molecular weight excluding hydrogens is 236 g/mol. The highest BCUT2D eigenvalue weighted by Crippen LogP contribution is 2.30. The molecule has 3 nitrogen and oxygen atoms in total. The van der Waals surface area contributed by atoms with Crippen LogP contribution in [0, 0.1) is 13.8 Å². The number of aryl methyl sites for hydroxylation is 2. The van der Waals surface area contributed by atoms with Crippen molar-refractivity contribution in [3.63, 3.8) is 0 Å². The number of hydrogen-bond donors (Lipinski definition) is 1. The van der Waals surface area contributed by atoms with Crippen molar-refractivity contribution in [2.24, 2.45) is 0 Å². The highest BCUT2D eigenvalue weighted by molar-refractivity contribution is 5.52. The zero-order valence-corrected chi connectivity index (χ0v) is 12.4.